The standard InChI is InChI=1S/C12H18N4S/c1-3-6-9-7-4-5-8-10(9)15-11(13)16-12(17)14-2/h4-5,7-8H,3,6H2,1-2H3,(H4,13,14,15,16,17). The lowest BCUT2D eigenvalue weighted by Crippen LogP contribution is -2.27. The summed E-state index contributed by atoms with van der Waals surface area (Å²) in [5, 5.41) is 6.17. The fraction of sp³-hybridized carbons (Fsp3) is 0.333. The normalized spacial score (nSPS) is 11.1. The van der Waals surface area contributed by atoms with Crippen molar-refractivity contribution in [3.05, 3.63) is 29.8 Å². The summed E-state index contributed by atoms with van der Waals surface area (Å²) in [7, 11) is 1.71. The van der Waals surface area contributed by atoms with E-state index in [4.69, 9.17) is 18.0 Å². The van der Waals surface area contributed by atoms with Crippen molar-refractivity contribution in [1.82, 2.24) is 5.32 Å². The fourth-order valence-corrected chi connectivity index (χ4v) is 1.56. The first-order valence-electron chi connectivity index (χ1n) is 5.58. The number of guanidine groups is 1. The van der Waals surface area contributed by atoms with Crippen molar-refractivity contribution in [1.29, 1.82) is 0 Å². The van der Waals surface area contributed by atoms with Crippen molar-refractivity contribution in [2.45, 2.75) is 19.8 Å². The Kier molecular flexibility index (Phi) is 5.42. The molecule has 0 fully saturated rings. The van der Waals surface area contributed by atoms with E-state index < -0.39 is 0 Å². The largest absolute Gasteiger partial charge is 0.369 e. The van der Waals surface area contributed by atoms with Crippen LogP contribution in [0.25, 0.3) is 0 Å². The number of nitrogens with zero attached hydrogens (tertiary/aromatic N) is 1. The minimum absolute atomic E-state index is 0.299. The molecular formula is C12H18N4S. The van der Waals surface area contributed by atoms with E-state index in [0.29, 0.717) is 11.1 Å². The van der Waals surface area contributed by atoms with Crippen LogP contribution in [0.2, 0.25) is 0 Å². The van der Waals surface area contributed by atoms with Gasteiger partial charge in [0.15, 0.2) is 5.11 Å². The molecule has 0 aromatic heterocycles. The lowest BCUT2D eigenvalue weighted by atomic mass is 10.1. The summed E-state index contributed by atoms with van der Waals surface area (Å²) >= 11 is 4.91. The molecule has 0 bridgehead atoms. The highest BCUT2D eigenvalue weighted by Gasteiger charge is 2.02. The number of para-hydroxylation sites is 1. The Morgan fingerprint density at radius 3 is 2.76 bits per heavy atom. The first-order valence-corrected chi connectivity index (χ1v) is 5.99. The van der Waals surface area contributed by atoms with Gasteiger partial charge in [-0.05, 0) is 30.3 Å². The molecule has 0 aliphatic rings. The van der Waals surface area contributed by atoms with Gasteiger partial charge in [-0.2, -0.15) is 4.99 Å². The van der Waals surface area contributed by atoms with Crippen molar-refractivity contribution in [3.63, 3.8) is 0 Å². The van der Waals surface area contributed by atoms with Gasteiger partial charge in [0.2, 0.25) is 5.96 Å². The van der Waals surface area contributed by atoms with Crippen LogP contribution in [0.3, 0.4) is 0 Å². The molecular weight excluding hydrogens is 232 g/mol. The molecule has 1 aromatic rings. The highest BCUT2D eigenvalue weighted by atomic mass is 32.1. The summed E-state index contributed by atoms with van der Waals surface area (Å²) < 4.78 is 0. The number of hydrogen-bond acceptors (Lipinski definition) is 1. The topological polar surface area (TPSA) is 62.4 Å². The molecule has 0 saturated heterocycles. The van der Waals surface area contributed by atoms with Crippen LogP contribution < -0.4 is 16.4 Å². The van der Waals surface area contributed by atoms with E-state index in [2.05, 4.69) is 28.6 Å². The molecule has 92 valence electrons. The second-order valence-electron chi connectivity index (χ2n) is 3.58. The highest BCUT2D eigenvalue weighted by Crippen LogP contribution is 2.16. The third-order valence-electron chi connectivity index (χ3n) is 2.24. The maximum atomic E-state index is 5.76. The molecule has 4 N–H and O–H groups in total. The molecule has 0 aliphatic carbocycles. The highest BCUT2D eigenvalue weighted by molar-refractivity contribution is 7.80. The van der Waals surface area contributed by atoms with Gasteiger partial charge < -0.3 is 16.4 Å². The average Bonchev–Trinajstić information content (AvgIpc) is 2.31. The van der Waals surface area contributed by atoms with Gasteiger partial charge in [0.25, 0.3) is 0 Å². The van der Waals surface area contributed by atoms with Gasteiger partial charge in [-0.25, -0.2) is 0 Å². The van der Waals surface area contributed by atoms with Gasteiger partial charge >= 0.3 is 0 Å². The first-order chi connectivity index (χ1) is 8.17. The lowest BCUT2D eigenvalue weighted by Gasteiger charge is -2.10. The smallest absolute Gasteiger partial charge is 0.200 e. The molecule has 1 rings (SSSR count). The van der Waals surface area contributed by atoms with Gasteiger partial charge in [0.05, 0.1) is 0 Å². The van der Waals surface area contributed by atoms with Crippen LogP contribution in [0, 0.1) is 0 Å². The zero-order chi connectivity index (χ0) is 12.7. The molecule has 0 heterocycles. The van der Waals surface area contributed by atoms with Crippen LogP contribution in [0.15, 0.2) is 29.3 Å². The number of rotatable bonds is 3. The number of hydrogen-bond donors (Lipinski definition) is 3. The van der Waals surface area contributed by atoms with Gasteiger partial charge in [-0.1, -0.05) is 31.5 Å². The minimum Gasteiger partial charge on any atom is -0.369 e. The van der Waals surface area contributed by atoms with Crippen LogP contribution in [0.1, 0.15) is 18.9 Å². The SMILES string of the molecule is CCCc1ccccc1NC(N)=NC(=S)NC. The predicted molar refractivity (Wildman–Crippen MR) is 77.3 cm³/mol. The molecule has 0 aliphatic heterocycles. The zero-order valence-electron chi connectivity index (χ0n) is 10.2. The number of aliphatic imine (C=N–C) groups is 1. The summed E-state index contributed by atoms with van der Waals surface area (Å²) in [4.78, 5) is 4.00. The molecule has 17 heavy (non-hydrogen) atoms. The monoisotopic (exact) mass is 250 g/mol. The van der Waals surface area contributed by atoms with Gasteiger partial charge in [0, 0.05) is 12.7 Å². The van der Waals surface area contributed by atoms with E-state index in [-0.39, 0.29) is 0 Å². The third-order valence-corrected chi connectivity index (χ3v) is 2.53. The molecule has 0 spiro atoms. The van der Waals surface area contributed by atoms with E-state index in [1.165, 1.54) is 5.56 Å². The van der Waals surface area contributed by atoms with Crippen LogP contribution in [-0.4, -0.2) is 18.1 Å². The predicted octanol–water partition coefficient (Wildman–Crippen LogP) is 1.87. The molecule has 4 nitrogen and oxygen atoms in total. The quantitative estimate of drug-likeness (QED) is 0.435. The van der Waals surface area contributed by atoms with E-state index in [0.717, 1.165) is 18.5 Å². The maximum absolute atomic E-state index is 5.76. The number of benzene rings is 1. The molecule has 0 radical (unpaired) electrons. The van der Waals surface area contributed by atoms with Crippen molar-refractivity contribution < 1.29 is 0 Å². The van der Waals surface area contributed by atoms with Crippen molar-refractivity contribution in [2.24, 2.45) is 10.7 Å². The molecule has 1 aromatic carbocycles. The summed E-state index contributed by atoms with van der Waals surface area (Å²) in [5.74, 6) is 0.299. The number of anilines is 1. The van der Waals surface area contributed by atoms with Gasteiger partial charge in [-0.15, -0.1) is 0 Å². The van der Waals surface area contributed by atoms with Gasteiger partial charge in [-0.3, -0.25) is 0 Å². The van der Waals surface area contributed by atoms with E-state index in [1.54, 1.807) is 7.05 Å². The molecule has 0 unspecified atom stereocenters. The van der Waals surface area contributed by atoms with E-state index in [1.807, 2.05) is 18.2 Å². The van der Waals surface area contributed by atoms with Gasteiger partial charge in [0.1, 0.15) is 0 Å². The Labute approximate surface area is 107 Å². The lowest BCUT2D eigenvalue weighted by molar-refractivity contribution is 0.924. The summed E-state index contributed by atoms with van der Waals surface area (Å²) in [6.07, 6.45) is 2.09. The summed E-state index contributed by atoms with van der Waals surface area (Å²) in [5.41, 5.74) is 7.97. The number of nitrogens with one attached hydrogen (secondary N) is 2. The minimum atomic E-state index is 0.299. The fourth-order valence-electron chi connectivity index (χ4n) is 1.46. The first kappa shape index (κ1) is 13.4. The zero-order valence-corrected chi connectivity index (χ0v) is 11.0. The van der Waals surface area contributed by atoms with Crippen molar-refractivity contribution >= 4 is 29.0 Å². The second-order valence-corrected chi connectivity index (χ2v) is 3.97. The number of thiocarbonyl (C=S) groups is 1. The molecule has 0 atom stereocenters. The molecule has 0 saturated carbocycles. The summed E-state index contributed by atoms with van der Waals surface area (Å²) in [6, 6.07) is 8.04. The Bertz CT molecular complexity index is 415. The number of nitrogens with two attached hydrogens (primary N) is 1. The Morgan fingerprint density at radius 2 is 2.12 bits per heavy atom. The third kappa shape index (κ3) is 4.40. The Hall–Kier alpha value is -1.62. The van der Waals surface area contributed by atoms with Crippen molar-refractivity contribution in [3.8, 4) is 0 Å². The van der Waals surface area contributed by atoms with E-state index in [9.17, 15) is 0 Å². The Balaban J connectivity index is 2.80. The van der Waals surface area contributed by atoms with Crippen LogP contribution in [0.4, 0.5) is 5.69 Å². The summed E-state index contributed by atoms with van der Waals surface area (Å²) in [6.45, 7) is 2.14. The molecule has 5 heteroatoms. The average molecular weight is 250 g/mol. The van der Waals surface area contributed by atoms with E-state index >= 15 is 0 Å². The van der Waals surface area contributed by atoms with Crippen LogP contribution in [0.5, 0.6) is 0 Å². The van der Waals surface area contributed by atoms with Crippen LogP contribution in [-0.2, 0) is 6.42 Å². The maximum Gasteiger partial charge on any atom is 0.200 e. The van der Waals surface area contributed by atoms with Crippen LogP contribution >= 0.6 is 12.2 Å². The van der Waals surface area contributed by atoms with Crippen molar-refractivity contribution in [2.75, 3.05) is 12.4 Å². The Morgan fingerprint density at radius 1 is 1.41 bits per heavy atom. The second kappa shape index (κ2) is 6.85. The number of aryl methyl sites for hydroxylation is 1. The molecule has 0 amide bonds.